The summed E-state index contributed by atoms with van der Waals surface area (Å²) in [6.07, 6.45) is 0. The van der Waals surface area contributed by atoms with Crippen LogP contribution >= 0.6 is 34.7 Å². The first-order valence-corrected chi connectivity index (χ1v) is 14.2. The number of amides is 1. The highest BCUT2D eigenvalue weighted by Gasteiger charge is 2.49. The van der Waals surface area contributed by atoms with E-state index in [2.05, 4.69) is 10.2 Å². The van der Waals surface area contributed by atoms with Crippen molar-refractivity contribution in [3.8, 4) is 11.5 Å². The lowest BCUT2D eigenvalue weighted by Gasteiger charge is -2.23. The fourth-order valence-corrected chi connectivity index (χ4v) is 6.40. The Balaban J connectivity index is 1.39. The van der Waals surface area contributed by atoms with E-state index in [1.807, 2.05) is 12.1 Å². The van der Waals surface area contributed by atoms with Crippen LogP contribution in [0.3, 0.4) is 0 Å². The molecule has 6 rings (SSSR count). The van der Waals surface area contributed by atoms with Gasteiger partial charge in [0.15, 0.2) is 15.8 Å². The van der Waals surface area contributed by atoms with Gasteiger partial charge in [-0.25, -0.2) is 4.39 Å². The van der Waals surface area contributed by atoms with Crippen molar-refractivity contribution in [2.24, 2.45) is 0 Å². The smallest absolute Gasteiger partial charge is 0.301 e. The molecule has 3 heterocycles. The van der Waals surface area contributed by atoms with Crippen molar-refractivity contribution in [1.82, 2.24) is 10.2 Å². The fraction of sp³-hybridized carbons (Fsp3) is 0.143. The van der Waals surface area contributed by atoms with Crippen LogP contribution in [-0.4, -0.2) is 40.2 Å². The van der Waals surface area contributed by atoms with Crippen molar-refractivity contribution in [1.29, 1.82) is 0 Å². The van der Waals surface area contributed by atoms with Crippen molar-refractivity contribution in [2.75, 3.05) is 18.1 Å². The zero-order valence-electron chi connectivity index (χ0n) is 20.5. The van der Waals surface area contributed by atoms with Crippen LogP contribution in [0.1, 0.15) is 22.7 Å². The van der Waals surface area contributed by atoms with Crippen molar-refractivity contribution in [3.05, 3.63) is 99.8 Å². The van der Waals surface area contributed by atoms with E-state index in [9.17, 15) is 14.7 Å². The van der Waals surface area contributed by atoms with Crippen LogP contribution in [-0.2, 0) is 15.3 Å². The Morgan fingerprint density at radius 2 is 1.80 bits per heavy atom. The number of aromatic nitrogens is 2. The van der Waals surface area contributed by atoms with Gasteiger partial charge in [0, 0.05) is 21.9 Å². The average molecular weight is 596 g/mol. The molecule has 0 spiro atoms. The number of benzene rings is 3. The number of halogens is 2. The first kappa shape index (κ1) is 26.3. The second-order valence-corrected chi connectivity index (χ2v) is 11.4. The van der Waals surface area contributed by atoms with Crippen LogP contribution in [0.25, 0.3) is 5.76 Å². The molecular formula is C28H19ClFN3O5S2. The molecule has 1 fully saturated rings. The highest BCUT2D eigenvalue weighted by atomic mass is 35.5. The minimum Gasteiger partial charge on any atom is -0.507 e. The standard InChI is InChI=1S/C28H19ClFN3O5S2/c29-17-8-5-15(6-9-17)14-39-28-32-31-27(40-28)33-23(18-3-1-2-4-19(18)30)22(25(35)26(33)36)24(34)16-7-10-20-21(13-16)38-12-11-37-20/h1-10,13,23,34H,11-12,14H2/t23-/m1/s1. The van der Waals surface area contributed by atoms with Gasteiger partial charge in [-0.05, 0) is 42.0 Å². The molecular weight excluding hydrogens is 577 g/mol. The topological polar surface area (TPSA) is 102 Å². The summed E-state index contributed by atoms with van der Waals surface area (Å²) in [5.74, 6) is -1.57. The lowest BCUT2D eigenvalue weighted by molar-refractivity contribution is -0.132. The largest absolute Gasteiger partial charge is 0.507 e. The summed E-state index contributed by atoms with van der Waals surface area (Å²) in [5, 5.41) is 20.4. The van der Waals surface area contributed by atoms with Gasteiger partial charge < -0.3 is 14.6 Å². The Kier molecular flexibility index (Phi) is 7.18. The van der Waals surface area contributed by atoms with Crippen LogP contribution in [0.5, 0.6) is 11.5 Å². The molecule has 3 aromatic carbocycles. The molecule has 8 nitrogen and oxygen atoms in total. The highest BCUT2D eigenvalue weighted by Crippen LogP contribution is 2.45. The quantitative estimate of drug-likeness (QED) is 0.0949. The predicted octanol–water partition coefficient (Wildman–Crippen LogP) is 6.02. The van der Waals surface area contributed by atoms with E-state index in [1.165, 1.54) is 36.0 Å². The Morgan fingerprint density at radius 1 is 1.05 bits per heavy atom. The number of carbonyl (C=O) groups excluding carboxylic acids is 2. The average Bonchev–Trinajstić information content (AvgIpc) is 3.54. The third-order valence-electron chi connectivity index (χ3n) is 6.34. The minimum atomic E-state index is -1.27. The number of carbonyl (C=O) groups is 2. The van der Waals surface area contributed by atoms with Gasteiger partial charge in [-0.2, -0.15) is 0 Å². The molecule has 1 N–H and O–H groups in total. The van der Waals surface area contributed by atoms with Crippen molar-refractivity contribution in [3.63, 3.8) is 0 Å². The molecule has 0 aliphatic carbocycles. The van der Waals surface area contributed by atoms with Crippen molar-refractivity contribution >= 4 is 57.3 Å². The molecule has 2 aliphatic heterocycles. The molecule has 0 bridgehead atoms. The number of ether oxygens (including phenoxy) is 2. The summed E-state index contributed by atoms with van der Waals surface area (Å²) in [5.41, 5.74) is 1.00. The van der Waals surface area contributed by atoms with Crippen LogP contribution in [0.2, 0.25) is 5.02 Å². The number of thioether (sulfide) groups is 1. The van der Waals surface area contributed by atoms with E-state index < -0.39 is 29.3 Å². The lowest BCUT2D eigenvalue weighted by Crippen LogP contribution is -2.29. The highest BCUT2D eigenvalue weighted by molar-refractivity contribution is 8.00. The predicted molar refractivity (Wildman–Crippen MR) is 150 cm³/mol. The molecule has 1 saturated heterocycles. The van der Waals surface area contributed by atoms with E-state index in [1.54, 1.807) is 30.3 Å². The number of Topliss-reactive ketones (excluding diaryl/α,β-unsaturated/α-hetero) is 1. The van der Waals surface area contributed by atoms with Gasteiger partial charge in [-0.15, -0.1) is 10.2 Å². The van der Waals surface area contributed by atoms with Crippen molar-refractivity contribution < 1.29 is 28.6 Å². The van der Waals surface area contributed by atoms with E-state index in [0.717, 1.165) is 21.8 Å². The van der Waals surface area contributed by atoms with Gasteiger partial charge in [-0.3, -0.25) is 14.5 Å². The van der Waals surface area contributed by atoms with Gasteiger partial charge in [0.2, 0.25) is 5.13 Å². The number of aliphatic hydroxyl groups excluding tert-OH is 1. The molecule has 0 unspecified atom stereocenters. The van der Waals surface area contributed by atoms with Crippen molar-refractivity contribution in [2.45, 2.75) is 16.1 Å². The molecule has 202 valence electrons. The molecule has 0 saturated carbocycles. The Hall–Kier alpha value is -3.93. The zero-order valence-corrected chi connectivity index (χ0v) is 22.9. The first-order chi connectivity index (χ1) is 19.4. The maximum Gasteiger partial charge on any atom is 0.301 e. The number of fused-ring (bicyclic) bond motifs is 1. The second kappa shape index (κ2) is 10.9. The second-order valence-electron chi connectivity index (χ2n) is 8.81. The van der Waals surface area contributed by atoms with E-state index in [0.29, 0.717) is 39.8 Å². The maximum absolute atomic E-state index is 15.2. The van der Waals surface area contributed by atoms with Crippen LogP contribution in [0.15, 0.2) is 76.6 Å². The Bertz CT molecular complexity index is 1660. The first-order valence-electron chi connectivity index (χ1n) is 12.1. The SMILES string of the molecule is O=C1C(=O)N(c2nnc(SCc3ccc(Cl)cc3)s2)[C@H](c2ccccc2F)C1=C(O)c1ccc2c(c1)OCCO2. The van der Waals surface area contributed by atoms with E-state index in [-0.39, 0.29) is 21.8 Å². The molecule has 12 heteroatoms. The van der Waals surface area contributed by atoms with Crippen LogP contribution < -0.4 is 14.4 Å². The van der Waals surface area contributed by atoms with Gasteiger partial charge in [0.05, 0.1) is 5.57 Å². The number of rotatable bonds is 6. The van der Waals surface area contributed by atoms with E-state index >= 15 is 4.39 Å². The van der Waals surface area contributed by atoms with Gasteiger partial charge >= 0.3 is 5.91 Å². The Morgan fingerprint density at radius 3 is 2.58 bits per heavy atom. The molecule has 2 aliphatic rings. The number of ketones is 1. The summed E-state index contributed by atoms with van der Waals surface area (Å²) < 4.78 is 26.8. The third kappa shape index (κ3) is 4.91. The summed E-state index contributed by atoms with van der Waals surface area (Å²) in [6.45, 7) is 0.713. The molecule has 0 radical (unpaired) electrons. The van der Waals surface area contributed by atoms with Gasteiger partial charge in [-0.1, -0.05) is 65.0 Å². The molecule has 1 atom stereocenters. The fourth-order valence-electron chi connectivity index (χ4n) is 4.45. The molecule has 1 amide bonds. The molecule has 4 aromatic rings. The molecule has 40 heavy (non-hydrogen) atoms. The number of anilines is 1. The van der Waals surface area contributed by atoms with Gasteiger partial charge in [0.1, 0.15) is 30.8 Å². The summed E-state index contributed by atoms with van der Waals surface area (Å²) >= 11 is 8.45. The number of hydrogen-bond donors (Lipinski definition) is 1. The van der Waals surface area contributed by atoms with Crippen LogP contribution in [0.4, 0.5) is 9.52 Å². The van der Waals surface area contributed by atoms with Gasteiger partial charge in [0.25, 0.3) is 5.78 Å². The summed E-state index contributed by atoms with van der Waals surface area (Å²) in [7, 11) is 0. The Labute approximate surface area is 241 Å². The molecule has 1 aromatic heterocycles. The van der Waals surface area contributed by atoms with Crippen LogP contribution in [0, 0.1) is 5.82 Å². The summed E-state index contributed by atoms with van der Waals surface area (Å²) in [4.78, 5) is 27.9. The summed E-state index contributed by atoms with van der Waals surface area (Å²) in [6, 6.07) is 16.6. The number of aliphatic hydroxyl groups is 1. The monoisotopic (exact) mass is 595 g/mol. The lowest BCUT2D eigenvalue weighted by atomic mass is 9.95. The number of hydrogen-bond acceptors (Lipinski definition) is 9. The third-order valence-corrected chi connectivity index (χ3v) is 8.72. The minimum absolute atomic E-state index is 0.0337. The van der Waals surface area contributed by atoms with E-state index in [4.69, 9.17) is 21.1 Å². The maximum atomic E-state index is 15.2. The number of nitrogens with zero attached hydrogens (tertiary/aromatic N) is 3. The zero-order chi connectivity index (χ0) is 27.8. The normalized spacial score (nSPS) is 17.9.